The largest absolute Gasteiger partial charge is 0.349 e. The van der Waals surface area contributed by atoms with E-state index < -0.39 is 0 Å². The number of hydrogen-bond donors (Lipinski definition) is 1. The smallest absolute Gasteiger partial charge is 0.243 e. The number of rotatable bonds is 0. The van der Waals surface area contributed by atoms with Crippen LogP contribution in [-0.4, -0.2) is 11.9 Å². The van der Waals surface area contributed by atoms with Crippen LogP contribution in [0.25, 0.3) is 0 Å². The van der Waals surface area contributed by atoms with E-state index in [-0.39, 0.29) is 17.9 Å². The molecule has 16 heavy (non-hydrogen) atoms. The van der Waals surface area contributed by atoms with E-state index in [1.54, 1.807) is 0 Å². The Labute approximate surface area is 101 Å². The summed E-state index contributed by atoms with van der Waals surface area (Å²) in [5, 5.41) is 3.67. The van der Waals surface area contributed by atoms with Gasteiger partial charge in [-0.2, -0.15) is 0 Å². The second-order valence-corrected chi connectivity index (χ2v) is 4.72. The number of hydrogen-bond acceptors (Lipinski definition) is 1. The summed E-state index contributed by atoms with van der Waals surface area (Å²) in [5.74, 6) is -0.151. The standard InChI is InChI=1S/C13H12ClNO/c14-9-2-3-10-8(7-9)1-5-12-11(10)4-6-13(16)15-12/h2-4,6-7,11-12H,1,5H2,(H,15,16)/i4D. The summed E-state index contributed by atoms with van der Waals surface area (Å²) in [7, 11) is 0. The van der Waals surface area contributed by atoms with Crippen LogP contribution in [0.15, 0.2) is 30.3 Å². The Hall–Kier alpha value is -1.28. The predicted molar refractivity (Wildman–Crippen MR) is 63.6 cm³/mol. The van der Waals surface area contributed by atoms with Crippen molar-refractivity contribution in [3.8, 4) is 0 Å². The molecule has 0 saturated heterocycles. The molecule has 1 heterocycles. The van der Waals surface area contributed by atoms with Crippen molar-refractivity contribution in [2.24, 2.45) is 0 Å². The molecule has 2 nitrogen and oxygen atoms in total. The summed E-state index contributed by atoms with van der Waals surface area (Å²) < 4.78 is 7.98. The average molecular weight is 235 g/mol. The van der Waals surface area contributed by atoms with Gasteiger partial charge in [-0.25, -0.2) is 0 Å². The third-order valence-electron chi connectivity index (χ3n) is 3.29. The molecule has 1 aliphatic heterocycles. The Bertz CT molecular complexity index is 526. The highest BCUT2D eigenvalue weighted by molar-refractivity contribution is 6.30. The Balaban J connectivity index is 2.10. The van der Waals surface area contributed by atoms with Crippen LogP contribution in [0.2, 0.25) is 5.02 Å². The summed E-state index contributed by atoms with van der Waals surface area (Å²) >= 11 is 5.98. The van der Waals surface area contributed by atoms with Crippen molar-refractivity contribution in [3.63, 3.8) is 0 Å². The maximum absolute atomic E-state index is 11.4. The first-order valence-corrected chi connectivity index (χ1v) is 5.80. The summed E-state index contributed by atoms with van der Waals surface area (Å²) in [4.78, 5) is 11.4. The molecule has 1 aliphatic carbocycles. The van der Waals surface area contributed by atoms with Gasteiger partial charge in [-0.3, -0.25) is 4.79 Å². The van der Waals surface area contributed by atoms with Crippen LogP contribution in [0.3, 0.4) is 0 Å². The summed E-state index contributed by atoms with van der Waals surface area (Å²) in [6.07, 6.45) is 3.16. The quantitative estimate of drug-likeness (QED) is 0.734. The minimum absolute atomic E-state index is 0.00582. The van der Waals surface area contributed by atoms with Crippen molar-refractivity contribution in [1.29, 1.82) is 0 Å². The van der Waals surface area contributed by atoms with Crippen LogP contribution in [0.5, 0.6) is 0 Å². The first-order valence-electron chi connectivity index (χ1n) is 5.92. The Morgan fingerprint density at radius 2 is 2.38 bits per heavy atom. The van der Waals surface area contributed by atoms with E-state index >= 15 is 0 Å². The first kappa shape index (κ1) is 8.82. The van der Waals surface area contributed by atoms with E-state index in [9.17, 15) is 4.79 Å². The van der Waals surface area contributed by atoms with Crippen LogP contribution in [0.4, 0.5) is 0 Å². The molecule has 2 atom stereocenters. The molecule has 1 amide bonds. The lowest BCUT2D eigenvalue weighted by molar-refractivity contribution is -0.117. The minimum atomic E-state index is -0.145. The van der Waals surface area contributed by atoms with E-state index in [4.69, 9.17) is 13.0 Å². The molecule has 3 heteroatoms. The number of aryl methyl sites for hydroxylation is 1. The maximum atomic E-state index is 11.4. The van der Waals surface area contributed by atoms with Gasteiger partial charge in [-0.05, 0) is 42.2 Å². The van der Waals surface area contributed by atoms with Gasteiger partial charge in [-0.15, -0.1) is 0 Å². The lowest BCUT2D eigenvalue weighted by Gasteiger charge is -2.34. The van der Waals surface area contributed by atoms with Crippen LogP contribution in [0, 0.1) is 0 Å². The Morgan fingerprint density at radius 1 is 1.50 bits per heavy atom. The molecule has 1 aromatic carbocycles. The second-order valence-electron chi connectivity index (χ2n) is 4.29. The summed E-state index contributed by atoms with van der Waals surface area (Å²) in [5.41, 5.74) is 2.33. The number of halogens is 1. The number of benzene rings is 1. The highest BCUT2D eigenvalue weighted by Gasteiger charge is 2.30. The fraction of sp³-hybridized carbons (Fsp3) is 0.308. The molecular formula is C13H12ClNO. The van der Waals surface area contributed by atoms with Gasteiger partial charge in [0.2, 0.25) is 5.91 Å². The van der Waals surface area contributed by atoms with Crippen molar-refractivity contribution in [3.05, 3.63) is 46.5 Å². The number of carbonyl (C=O) groups is 1. The van der Waals surface area contributed by atoms with E-state index in [2.05, 4.69) is 5.32 Å². The topological polar surface area (TPSA) is 29.1 Å². The fourth-order valence-corrected chi connectivity index (χ4v) is 2.73. The van der Waals surface area contributed by atoms with Crippen molar-refractivity contribution < 1.29 is 6.17 Å². The fourth-order valence-electron chi connectivity index (χ4n) is 2.54. The van der Waals surface area contributed by atoms with Gasteiger partial charge >= 0.3 is 0 Å². The van der Waals surface area contributed by atoms with E-state index in [0.717, 1.165) is 23.4 Å². The van der Waals surface area contributed by atoms with Gasteiger partial charge in [0.25, 0.3) is 0 Å². The minimum Gasteiger partial charge on any atom is -0.349 e. The lowest BCUT2D eigenvalue weighted by Crippen LogP contribution is -2.43. The molecule has 1 N–H and O–H groups in total. The zero-order valence-electron chi connectivity index (χ0n) is 9.66. The molecule has 2 unspecified atom stereocenters. The normalized spacial score (nSPS) is 28.4. The molecule has 3 rings (SSSR count). The molecule has 0 bridgehead atoms. The molecule has 0 radical (unpaired) electrons. The number of nitrogens with one attached hydrogen (secondary N) is 1. The van der Waals surface area contributed by atoms with Gasteiger partial charge in [0.15, 0.2) is 0 Å². The van der Waals surface area contributed by atoms with E-state index in [1.807, 2.05) is 18.2 Å². The SMILES string of the molecule is [2H]C1=CC(=O)NC2CCc3cc(Cl)ccc3C12. The third-order valence-corrected chi connectivity index (χ3v) is 3.52. The lowest BCUT2D eigenvalue weighted by atomic mass is 9.78. The number of carbonyl (C=O) groups excluding carboxylic acids is 1. The molecule has 0 fully saturated rings. The molecule has 0 aromatic heterocycles. The van der Waals surface area contributed by atoms with Crippen molar-refractivity contribution in [1.82, 2.24) is 5.32 Å². The molecule has 0 saturated carbocycles. The van der Waals surface area contributed by atoms with Gasteiger partial charge in [0.1, 0.15) is 0 Å². The molecule has 82 valence electrons. The third kappa shape index (κ3) is 1.54. The second kappa shape index (κ2) is 3.63. The molecule has 2 aliphatic rings. The highest BCUT2D eigenvalue weighted by atomic mass is 35.5. The van der Waals surface area contributed by atoms with Crippen LogP contribution >= 0.6 is 11.6 Å². The molecule has 0 spiro atoms. The zero-order chi connectivity index (χ0) is 12.0. The predicted octanol–water partition coefficient (Wildman–Crippen LogP) is 2.42. The van der Waals surface area contributed by atoms with Crippen molar-refractivity contribution in [2.75, 3.05) is 0 Å². The monoisotopic (exact) mass is 234 g/mol. The average Bonchev–Trinajstić information content (AvgIpc) is 2.28. The van der Waals surface area contributed by atoms with E-state index in [0.29, 0.717) is 6.05 Å². The first-order chi connectivity index (χ1) is 8.15. The Morgan fingerprint density at radius 3 is 3.25 bits per heavy atom. The molecule has 1 aromatic rings. The van der Waals surface area contributed by atoms with Crippen LogP contribution < -0.4 is 5.32 Å². The van der Waals surface area contributed by atoms with Crippen LogP contribution in [0.1, 0.15) is 24.8 Å². The van der Waals surface area contributed by atoms with Crippen molar-refractivity contribution >= 4 is 17.5 Å². The summed E-state index contributed by atoms with van der Waals surface area (Å²) in [6.45, 7) is 0. The molecular weight excluding hydrogens is 222 g/mol. The van der Waals surface area contributed by atoms with Gasteiger partial charge in [-0.1, -0.05) is 23.7 Å². The van der Waals surface area contributed by atoms with Crippen molar-refractivity contribution in [2.45, 2.75) is 24.8 Å². The zero-order valence-corrected chi connectivity index (χ0v) is 9.42. The van der Waals surface area contributed by atoms with E-state index in [1.165, 1.54) is 11.6 Å². The summed E-state index contributed by atoms with van der Waals surface area (Å²) in [6, 6.07) is 6.27. The highest BCUT2D eigenvalue weighted by Crippen LogP contribution is 2.35. The Kier molecular flexibility index (Phi) is 2.00. The van der Waals surface area contributed by atoms with Gasteiger partial charge in [0.05, 0.1) is 1.37 Å². The number of amides is 1. The van der Waals surface area contributed by atoms with Gasteiger partial charge in [0, 0.05) is 17.0 Å². The maximum Gasteiger partial charge on any atom is 0.243 e. The van der Waals surface area contributed by atoms with Gasteiger partial charge < -0.3 is 5.32 Å². The van der Waals surface area contributed by atoms with Crippen LogP contribution in [-0.2, 0) is 11.2 Å². The number of fused-ring (bicyclic) bond motifs is 3.